The number of likely N-dealkylation sites (N-methyl/N-ethyl adjacent to an activating group) is 1. The van der Waals surface area contributed by atoms with Crippen LogP contribution in [0.5, 0.6) is 11.5 Å². The molecule has 1 aliphatic rings. The fraction of sp³-hybridized carbons (Fsp3) is 0.304. The van der Waals surface area contributed by atoms with E-state index in [9.17, 15) is 4.79 Å². The van der Waals surface area contributed by atoms with E-state index >= 15 is 0 Å². The molecule has 0 saturated carbocycles. The normalized spacial score (nSPS) is 17.8. The molecule has 0 radical (unpaired) electrons. The second-order valence-electron chi connectivity index (χ2n) is 6.66. The van der Waals surface area contributed by atoms with Crippen LogP contribution in [0.4, 0.5) is 5.69 Å². The van der Waals surface area contributed by atoms with Crippen molar-refractivity contribution in [2.75, 3.05) is 13.7 Å². The molecular weight excluding hydrogens is 384 g/mol. The third-order valence-corrected chi connectivity index (χ3v) is 5.60. The largest absolute Gasteiger partial charge is 0.497 e. The molecule has 1 atom stereocenters. The van der Waals surface area contributed by atoms with Gasteiger partial charge < -0.3 is 9.47 Å². The number of hydrogen-bond acceptors (Lipinski definition) is 5. The van der Waals surface area contributed by atoms with E-state index in [4.69, 9.17) is 9.47 Å². The Hall–Kier alpha value is -2.73. The van der Waals surface area contributed by atoms with Crippen molar-refractivity contribution in [1.29, 1.82) is 0 Å². The molecule has 0 spiro atoms. The first kappa shape index (κ1) is 21.0. The summed E-state index contributed by atoms with van der Waals surface area (Å²) in [6.45, 7) is 6.66. The van der Waals surface area contributed by atoms with Gasteiger partial charge in [0.1, 0.15) is 11.5 Å². The van der Waals surface area contributed by atoms with Gasteiger partial charge in [0.25, 0.3) is 5.91 Å². The number of aliphatic imine (C=N–C) groups is 1. The van der Waals surface area contributed by atoms with Gasteiger partial charge in [-0.1, -0.05) is 19.1 Å². The molecule has 1 aliphatic heterocycles. The quantitative estimate of drug-likeness (QED) is 0.566. The van der Waals surface area contributed by atoms with Crippen molar-refractivity contribution >= 4 is 34.6 Å². The third kappa shape index (κ3) is 5.21. The zero-order valence-corrected chi connectivity index (χ0v) is 18.0. The average Bonchev–Trinajstić information content (AvgIpc) is 3.03. The van der Waals surface area contributed by atoms with E-state index in [-0.39, 0.29) is 12.0 Å². The number of carbonyl (C=O) groups is 1. The molecule has 5 nitrogen and oxygen atoms in total. The van der Waals surface area contributed by atoms with E-state index in [0.717, 1.165) is 29.2 Å². The summed E-state index contributed by atoms with van der Waals surface area (Å²) >= 11 is 1.39. The van der Waals surface area contributed by atoms with Gasteiger partial charge in [-0.2, -0.15) is 0 Å². The number of nitrogens with zero attached hydrogens (tertiary/aromatic N) is 2. The molecule has 1 amide bonds. The van der Waals surface area contributed by atoms with E-state index in [1.807, 2.05) is 68.5 Å². The number of thioether (sulfide) groups is 1. The van der Waals surface area contributed by atoms with Crippen LogP contribution in [0.2, 0.25) is 0 Å². The smallest absolute Gasteiger partial charge is 0.266 e. The van der Waals surface area contributed by atoms with Crippen LogP contribution in [0.15, 0.2) is 58.4 Å². The number of methoxy groups -OCH3 is 1. The molecule has 1 heterocycles. The molecule has 0 unspecified atom stereocenters. The zero-order chi connectivity index (χ0) is 20.8. The topological polar surface area (TPSA) is 51.1 Å². The van der Waals surface area contributed by atoms with Gasteiger partial charge in [0.05, 0.1) is 23.8 Å². The Labute approximate surface area is 176 Å². The van der Waals surface area contributed by atoms with Gasteiger partial charge in [0.15, 0.2) is 5.17 Å². The summed E-state index contributed by atoms with van der Waals surface area (Å²) in [4.78, 5) is 19.8. The molecule has 1 saturated heterocycles. The minimum atomic E-state index is -0.0234. The van der Waals surface area contributed by atoms with E-state index in [2.05, 4.69) is 11.9 Å². The average molecular weight is 411 g/mol. The second-order valence-corrected chi connectivity index (χ2v) is 7.67. The first-order chi connectivity index (χ1) is 14.0. The van der Waals surface area contributed by atoms with Crippen molar-refractivity contribution in [3.8, 4) is 11.5 Å². The van der Waals surface area contributed by atoms with Crippen LogP contribution in [0.3, 0.4) is 0 Å². The standard InChI is InChI=1S/C23H26N2O3S/c1-5-16(3)28-20-11-7-17(8-12-20)15-21-22(26)25(6-2)23(29-21)24-18-9-13-19(27-4)14-10-18/h7-16H,5-6H2,1-4H3/b21-15+,24-23?/t16-/m0/s1. The third-order valence-electron chi connectivity index (χ3n) is 4.59. The van der Waals surface area contributed by atoms with Gasteiger partial charge in [-0.15, -0.1) is 0 Å². The maximum Gasteiger partial charge on any atom is 0.266 e. The number of amidine groups is 1. The van der Waals surface area contributed by atoms with Gasteiger partial charge in [0.2, 0.25) is 0 Å². The first-order valence-corrected chi connectivity index (χ1v) is 10.6. The zero-order valence-electron chi connectivity index (χ0n) is 17.2. The maximum atomic E-state index is 12.8. The number of hydrogen-bond donors (Lipinski definition) is 0. The Morgan fingerprint density at radius 1 is 1.07 bits per heavy atom. The van der Waals surface area contributed by atoms with Crippen molar-refractivity contribution in [1.82, 2.24) is 4.90 Å². The SMILES string of the molecule is CC[C@H](C)Oc1ccc(/C=C2/SC(=Nc3ccc(OC)cc3)N(CC)C2=O)cc1. The number of carbonyl (C=O) groups excluding carboxylic acids is 1. The molecule has 0 N–H and O–H groups in total. The Morgan fingerprint density at radius 3 is 2.31 bits per heavy atom. The summed E-state index contributed by atoms with van der Waals surface area (Å²) < 4.78 is 11.0. The minimum absolute atomic E-state index is 0.0234. The van der Waals surface area contributed by atoms with E-state index in [0.29, 0.717) is 16.6 Å². The highest BCUT2D eigenvalue weighted by atomic mass is 32.2. The Kier molecular flexibility index (Phi) is 6.99. The lowest BCUT2D eigenvalue weighted by molar-refractivity contribution is -0.122. The number of benzene rings is 2. The van der Waals surface area contributed by atoms with Gasteiger partial charge in [-0.25, -0.2) is 4.99 Å². The molecule has 0 aliphatic carbocycles. The summed E-state index contributed by atoms with van der Waals surface area (Å²) in [7, 11) is 1.63. The Balaban J connectivity index is 1.79. The predicted octanol–water partition coefficient (Wildman–Crippen LogP) is 5.50. The molecule has 29 heavy (non-hydrogen) atoms. The van der Waals surface area contributed by atoms with Crippen molar-refractivity contribution < 1.29 is 14.3 Å². The molecule has 2 aromatic carbocycles. The monoisotopic (exact) mass is 410 g/mol. The van der Waals surface area contributed by atoms with E-state index in [1.165, 1.54) is 11.8 Å². The lowest BCUT2D eigenvalue weighted by Crippen LogP contribution is -2.28. The number of rotatable bonds is 7. The van der Waals surface area contributed by atoms with Crippen LogP contribution in [-0.4, -0.2) is 35.7 Å². The summed E-state index contributed by atoms with van der Waals surface area (Å²) in [6.07, 6.45) is 3.04. The molecule has 6 heteroatoms. The van der Waals surface area contributed by atoms with Crippen LogP contribution in [0, 0.1) is 0 Å². The molecule has 2 aromatic rings. The molecule has 0 aromatic heterocycles. The summed E-state index contributed by atoms with van der Waals surface area (Å²) in [5, 5.41) is 0.686. The second kappa shape index (κ2) is 9.65. The molecule has 3 rings (SSSR count). The fourth-order valence-corrected chi connectivity index (χ4v) is 3.81. The lowest BCUT2D eigenvalue weighted by atomic mass is 10.2. The van der Waals surface area contributed by atoms with Crippen molar-refractivity contribution in [2.45, 2.75) is 33.3 Å². The van der Waals surface area contributed by atoms with Gasteiger partial charge >= 0.3 is 0 Å². The minimum Gasteiger partial charge on any atom is -0.497 e. The van der Waals surface area contributed by atoms with E-state index < -0.39 is 0 Å². The van der Waals surface area contributed by atoms with Crippen LogP contribution < -0.4 is 9.47 Å². The van der Waals surface area contributed by atoms with Crippen LogP contribution in [0.1, 0.15) is 32.8 Å². The van der Waals surface area contributed by atoms with E-state index in [1.54, 1.807) is 12.0 Å². The summed E-state index contributed by atoms with van der Waals surface area (Å²) in [5.74, 6) is 1.59. The molecule has 152 valence electrons. The Bertz CT molecular complexity index is 905. The fourth-order valence-electron chi connectivity index (χ4n) is 2.75. The van der Waals surface area contributed by atoms with Crippen molar-refractivity contribution in [3.63, 3.8) is 0 Å². The highest BCUT2D eigenvalue weighted by Crippen LogP contribution is 2.34. The predicted molar refractivity (Wildman–Crippen MR) is 120 cm³/mol. The first-order valence-electron chi connectivity index (χ1n) is 9.75. The van der Waals surface area contributed by atoms with Gasteiger partial charge in [-0.3, -0.25) is 9.69 Å². The highest BCUT2D eigenvalue weighted by molar-refractivity contribution is 8.18. The summed E-state index contributed by atoms with van der Waals surface area (Å²) in [5.41, 5.74) is 1.74. The Morgan fingerprint density at radius 2 is 1.72 bits per heavy atom. The van der Waals surface area contributed by atoms with Crippen LogP contribution >= 0.6 is 11.8 Å². The maximum absolute atomic E-state index is 12.8. The van der Waals surface area contributed by atoms with Gasteiger partial charge in [0, 0.05) is 6.54 Å². The van der Waals surface area contributed by atoms with Crippen LogP contribution in [0.25, 0.3) is 6.08 Å². The molecular formula is C23H26N2O3S. The van der Waals surface area contributed by atoms with Gasteiger partial charge in [-0.05, 0) is 80.1 Å². The van der Waals surface area contributed by atoms with Crippen LogP contribution in [-0.2, 0) is 4.79 Å². The van der Waals surface area contributed by atoms with Crippen molar-refractivity contribution in [2.24, 2.45) is 4.99 Å². The summed E-state index contributed by atoms with van der Waals surface area (Å²) in [6, 6.07) is 15.3. The molecule has 1 fully saturated rings. The highest BCUT2D eigenvalue weighted by Gasteiger charge is 2.32. The van der Waals surface area contributed by atoms with Crippen molar-refractivity contribution in [3.05, 3.63) is 59.0 Å². The lowest BCUT2D eigenvalue weighted by Gasteiger charge is -2.12. The number of amides is 1. The number of ether oxygens (including phenoxy) is 2. The molecule has 0 bridgehead atoms.